The van der Waals surface area contributed by atoms with Gasteiger partial charge in [0.1, 0.15) is 5.75 Å². The zero-order valence-corrected chi connectivity index (χ0v) is 17.5. The molecule has 0 saturated carbocycles. The van der Waals surface area contributed by atoms with Crippen molar-refractivity contribution in [1.82, 2.24) is 5.06 Å². The van der Waals surface area contributed by atoms with Crippen LogP contribution in [0.15, 0.2) is 52.4 Å². The molecule has 4 N–H and O–H groups in total. The van der Waals surface area contributed by atoms with Crippen LogP contribution in [0.4, 0.5) is 0 Å². The lowest BCUT2D eigenvalue weighted by Crippen LogP contribution is -2.54. The Morgan fingerprint density at radius 1 is 1.07 bits per heavy atom. The summed E-state index contributed by atoms with van der Waals surface area (Å²) in [4.78, 5) is 14.0. The van der Waals surface area contributed by atoms with Gasteiger partial charge in [0.25, 0.3) is 0 Å². The van der Waals surface area contributed by atoms with Crippen LogP contribution in [0.5, 0.6) is 5.75 Å². The van der Waals surface area contributed by atoms with Crippen LogP contribution in [0.3, 0.4) is 0 Å². The minimum atomic E-state index is -0.700. The Hall–Kier alpha value is -2.32. The topological polar surface area (TPSA) is 98.5 Å². The minimum absolute atomic E-state index is 0. The summed E-state index contributed by atoms with van der Waals surface area (Å²) < 4.78 is 5.90. The Kier molecular flexibility index (Phi) is 6.67. The number of aliphatic imine (C=N–C) groups is 2. The average molecular weight is 436 g/mol. The fraction of sp³-hybridized carbons (Fsp3) is 0.368. The van der Waals surface area contributed by atoms with E-state index in [0.717, 1.165) is 11.1 Å². The van der Waals surface area contributed by atoms with Crippen LogP contribution in [0.1, 0.15) is 20.8 Å². The molecule has 146 valence electrons. The molecule has 2 aromatic carbocycles. The third-order valence-electron chi connectivity index (χ3n) is 4.07. The van der Waals surface area contributed by atoms with Crippen molar-refractivity contribution in [3.8, 4) is 5.75 Å². The number of halogens is 1. The molecule has 1 heterocycles. The number of hydrogen-bond acceptors (Lipinski definition) is 7. The fourth-order valence-corrected chi connectivity index (χ4v) is 2.76. The molecule has 0 aromatic heterocycles. The molecule has 0 amide bonds. The summed E-state index contributed by atoms with van der Waals surface area (Å²) in [5.74, 6) is 1.34. The molecule has 0 spiro atoms. The van der Waals surface area contributed by atoms with Crippen molar-refractivity contribution in [3.63, 3.8) is 0 Å². The molecule has 27 heavy (non-hydrogen) atoms. The first kappa shape index (κ1) is 21.0. The van der Waals surface area contributed by atoms with Crippen LogP contribution < -0.4 is 16.2 Å². The highest BCUT2D eigenvalue weighted by Crippen LogP contribution is 2.22. The van der Waals surface area contributed by atoms with Crippen molar-refractivity contribution in [2.75, 3.05) is 13.2 Å². The fourth-order valence-electron chi connectivity index (χ4n) is 2.76. The summed E-state index contributed by atoms with van der Waals surface area (Å²) in [6.07, 6.45) is 0. The Labute approximate surface area is 169 Å². The molecule has 0 saturated heterocycles. The number of ether oxygens (including phenoxy) is 1. The van der Waals surface area contributed by atoms with Gasteiger partial charge >= 0.3 is 0 Å². The van der Waals surface area contributed by atoms with Gasteiger partial charge in [-0.2, -0.15) is 10.1 Å². The highest BCUT2D eigenvalue weighted by Gasteiger charge is 2.33. The standard InChI is InChI=1S/C19H25N5O2.BrH/c1-13(12-26-24-18(21)22-17(20)23-19(24,2)3)11-25-16-9-8-14-6-4-5-7-15(14)10-16;/h4-10,13H,11-12H2,1-3H3,(H4,20,21,22,23);1H/t13-;/m1./s1. The summed E-state index contributed by atoms with van der Waals surface area (Å²) in [6.45, 7) is 6.70. The maximum absolute atomic E-state index is 5.91. The second-order valence-corrected chi connectivity index (χ2v) is 6.95. The number of rotatable bonds is 6. The van der Waals surface area contributed by atoms with Gasteiger partial charge in [-0.1, -0.05) is 37.3 Å². The number of nitrogens with zero attached hydrogens (tertiary/aromatic N) is 3. The molecular weight excluding hydrogens is 410 g/mol. The first-order valence-electron chi connectivity index (χ1n) is 8.59. The smallest absolute Gasteiger partial charge is 0.226 e. The molecule has 8 heteroatoms. The van der Waals surface area contributed by atoms with E-state index in [1.165, 1.54) is 10.4 Å². The number of hydroxylamine groups is 2. The van der Waals surface area contributed by atoms with Crippen molar-refractivity contribution >= 4 is 39.7 Å². The monoisotopic (exact) mass is 435 g/mol. The van der Waals surface area contributed by atoms with Crippen molar-refractivity contribution in [2.24, 2.45) is 27.4 Å². The molecule has 1 aliphatic heterocycles. The zero-order chi connectivity index (χ0) is 18.7. The largest absolute Gasteiger partial charge is 0.493 e. The zero-order valence-electron chi connectivity index (χ0n) is 15.8. The first-order valence-corrected chi connectivity index (χ1v) is 8.59. The van der Waals surface area contributed by atoms with Crippen LogP contribution in [-0.2, 0) is 4.84 Å². The van der Waals surface area contributed by atoms with Crippen molar-refractivity contribution in [2.45, 2.75) is 26.4 Å². The normalized spacial score (nSPS) is 16.9. The summed E-state index contributed by atoms with van der Waals surface area (Å²) in [7, 11) is 0. The number of fused-ring (bicyclic) bond motifs is 1. The molecule has 1 aliphatic rings. The van der Waals surface area contributed by atoms with Crippen molar-refractivity contribution in [1.29, 1.82) is 0 Å². The SMILES string of the molecule is Br.C[C@H](COc1ccc2ccccc2c1)CON1C(N)=NC(N)=NC1(C)C. The van der Waals surface area contributed by atoms with Gasteiger partial charge in [0.15, 0.2) is 5.66 Å². The summed E-state index contributed by atoms with van der Waals surface area (Å²) >= 11 is 0. The van der Waals surface area contributed by atoms with Crippen LogP contribution in [0.2, 0.25) is 0 Å². The predicted octanol–water partition coefficient (Wildman–Crippen LogP) is 3.05. The Bertz CT molecular complexity index is 853. The molecule has 7 nitrogen and oxygen atoms in total. The van der Waals surface area contributed by atoms with Crippen molar-refractivity contribution < 1.29 is 9.57 Å². The van der Waals surface area contributed by atoms with Crippen LogP contribution >= 0.6 is 17.0 Å². The van der Waals surface area contributed by atoms with E-state index in [0.29, 0.717) is 13.2 Å². The van der Waals surface area contributed by atoms with E-state index in [-0.39, 0.29) is 34.8 Å². The van der Waals surface area contributed by atoms with Gasteiger partial charge < -0.3 is 16.2 Å². The summed E-state index contributed by atoms with van der Waals surface area (Å²) in [5, 5.41) is 3.83. The molecule has 0 radical (unpaired) electrons. The Balaban J connectivity index is 0.00000261. The van der Waals surface area contributed by atoms with Gasteiger partial charge in [-0.3, -0.25) is 4.84 Å². The first-order chi connectivity index (χ1) is 12.3. The van der Waals surface area contributed by atoms with E-state index in [4.69, 9.17) is 21.0 Å². The highest BCUT2D eigenvalue weighted by molar-refractivity contribution is 8.93. The maximum atomic E-state index is 5.91. The van der Waals surface area contributed by atoms with Gasteiger partial charge in [0.05, 0.1) is 13.2 Å². The van der Waals surface area contributed by atoms with Gasteiger partial charge in [0, 0.05) is 5.92 Å². The molecular formula is C19H26BrN5O2. The molecule has 1 atom stereocenters. The molecule has 3 rings (SSSR count). The quantitative estimate of drug-likeness (QED) is 0.726. The maximum Gasteiger partial charge on any atom is 0.226 e. The second kappa shape index (κ2) is 8.58. The number of guanidine groups is 2. The van der Waals surface area contributed by atoms with E-state index >= 15 is 0 Å². The highest BCUT2D eigenvalue weighted by atomic mass is 79.9. The molecule has 2 aromatic rings. The van der Waals surface area contributed by atoms with E-state index in [1.807, 2.05) is 45.0 Å². The lowest BCUT2D eigenvalue weighted by atomic mass is 10.1. The average Bonchev–Trinajstić information content (AvgIpc) is 2.58. The van der Waals surface area contributed by atoms with Crippen LogP contribution in [-0.4, -0.2) is 35.9 Å². The van der Waals surface area contributed by atoms with Crippen LogP contribution in [0.25, 0.3) is 10.8 Å². The minimum Gasteiger partial charge on any atom is -0.493 e. The second-order valence-electron chi connectivity index (χ2n) is 6.95. The molecule has 0 fully saturated rings. The van der Waals surface area contributed by atoms with Gasteiger partial charge in [-0.05, 0) is 36.8 Å². The Morgan fingerprint density at radius 3 is 2.48 bits per heavy atom. The van der Waals surface area contributed by atoms with Gasteiger partial charge in [0.2, 0.25) is 11.9 Å². The number of hydrogen-bond donors (Lipinski definition) is 2. The van der Waals surface area contributed by atoms with Crippen LogP contribution in [0, 0.1) is 5.92 Å². The summed E-state index contributed by atoms with van der Waals surface area (Å²) in [6, 6.07) is 14.3. The van der Waals surface area contributed by atoms with E-state index in [1.54, 1.807) is 0 Å². The molecule has 0 unspecified atom stereocenters. The van der Waals surface area contributed by atoms with E-state index in [9.17, 15) is 0 Å². The summed E-state index contributed by atoms with van der Waals surface area (Å²) in [5.41, 5.74) is 10.9. The van der Waals surface area contributed by atoms with E-state index < -0.39 is 5.66 Å². The molecule has 0 aliphatic carbocycles. The Morgan fingerprint density at radius 2 is 1.78 bits per heavy atom. The number of benzene rings is 2. The van der Waals surface area contributed by atoms with Gasteiger partial charge in [-0.25, -0.2) is 4.99 Å². The lowest BCUT2D eigenvalue weighted by molar-refractivity contribution is -0.167. The molecule has 0 bridgehead atoms. The van der Waals surface area contributed by atoms with E-state index in [2.05, 4.69) is 28.2 Å². The third-order valence-corrected chi connectivity index (χ3v) is 4.07. The predicted molar refractivity (Wildman–Crippen MR) is 114 cm³/mol. The number of nitrogens with two attached hydrogens (primary N) is 2. The third kappa shape index (κ3) is 5.11. The lowest BCUT2D eigenvalue weighted by Gasteiger charge is -2.37. The van der Waals surface area contributed by atoms with Gasteiger partial charge in [-0.15, -0.1) is 17.0 Å². The van der Waals surface area contributed by atoms with Crippen molar-refractivity contribution in [3.05, 3.63) is 42.5 Å².